The van der Waals surface area contributed by atoms with Crippen molar-refractivity contribution in [3.8, 4) is 11.6 Å². The molecule has 2 saturated carbocycles. The molecule has 0 amide bonds. The average molecular weight is 445 g/mol. The molecule has 8 heteroatoms. The first kappa shape index (κ1) is 21.5. The van der Waals surface area contributed by atoms with E-state index in [1.807, 2.05) is 18.2 Å². The minimum Gasteiger partial charge on any atom is -0.487 e. The van der Waals surface area contributed by atoms with Crippen molar-refractivity contribution < 1.29 is 29.0 Å². The Morgan fingerprint density at radius 1 is 1.19 bits per heavy atom. The summed E-state index contributed by atoms with van der Waals surface area (Å²) in [5.74, 6) is 0.823. The van der Waals surface area contributed by atoms with Gasteiger partial charge < -0.3 is 29.1 Å². The fourth-order valence-electron chi connectivity index (χ4n) is 5.32. The number of aliphatic carboxylic acids is 1. The standard InChI is InChI=1S/C24H32N2O6/c27-17-4-1-5-18(17)31-19-6-2-7-20-21(19)22(25-32-20)30-14-16-8-12-26(13-9-16)15-24(23(28)29)10-3-11-24/h2,6-7,16-18,27H,1,3-5,8-15H2,(H,28,29)/t17-,18-/m0/s1. The summed E-state index contributed by atoms with van der Waals surface area (Å²) >= 11 is 0. The minimum atomic E-state index is -0.643. The molecule has 1 saturated heterocycles. The second-order valence-electron chi connectivity index (χ2n) is 9.74. The number of nitrogens with zero attached hydrogens (tertiary/aromatic N) is 2. The molecule has 0 spiro atoms. The van der Waals surface area contributed by atoms with E-state index in [1.165, 1.54) is 0 Å². The predicted molar refractivity (Wildman–Crippen MR) is 117 cm³/mol. The quantitative estimate of drug-likeness (QED) is 0.638. The van der Waals surface area contributed by atoms with E-state index in [2.05, 4.69) is 10.1 Å². The molecule has 0 bridgehead atoms. The van der Waals surface area contributed by atoms with Crippen molar-refractivity contribution in [3.63, 3.8) is 0 Å². The number of likely N-dealkylation sites (tertiary alicyclic amines) is 1. The maximum atomic E-state index is 11.7. The number of carboxylic acids is 1. The van der Waals surface area contributed by atoms with Gasteiger partial charge >= 0.3 is 5.97 Å². The first-order valence-corrected chi connectivity index (χ1v) is 11.9. The molecule has 2 aromatic rings. The van der Waals surface area contributed by atoms with Crippen molar-refractivity contribution >= 4 is 16.9 Å². The molecular weight excluding hydrogens is 412 g/mol. The summed E-state index contributed by atoms with van der Waals surface area (Å²) in [5, 5.41) is 24.5. The molecule has 1 aromatic heterocycles. The van der Waals surface area contributed by atoms with E-state index >= 15 is 0 Å². The van der Waals surface area contributed by atoms with Crippen LogP contribution in [0.4, 0.5) is 0 Å². The zero-order valence-corrected chi connectivity index (χ0v) is 18.4. The summed E-state index contributed by atoms with van der Waals surface area (Å²) in [6.07, 6.45) is 6.47. The third-order valence-electron chi connectivity index (χ3n) is 7.58. The van der Waals surface area contributed by atoms with Gasteiger partial charge in [-0.2, -0.15) is 0 Å². The maximum absolute atomic E-state index is 11.7. The second kappa shape index (κ2) is 8.90. The summed E-state index contributed by atoms with van der Waals surface area (Å²) in [7, 11) is 0. The van der Waals surface area contributed by atoms with Crippen LogP contribution in [0.5, 0.6) is 11.6 Å². The molecule has 8 nitrogen and oxygen atoms in total. The number of fused-ring (bicyclic) bond motifs is 1. The lowest BCUT2D eigenvalue weighted by Gasteiger charge is -2.43. The Kier molecular flexibility index (Phi) is 5.99. The van der Waals surface area contributed by atoms with Crippen molar-refractivity contribution in [3.05, 3.63) is 18.2 Å². The van der Waals surface area contributed by atoms with Crippen LogP contribution < -0.4 is 9.47 Å². The summed E-state index contributed by atoms with van der Waals surface area (Å²) in [4.78, 5) is 13.9. The molecule has 2 aliphatic carbocycles. The molecule has 174 valence electrons. The van der Waals surface area contributed by atoms with Crippen molar-refractivity contribution in [2.24, 2.45) is 11.3 Å². The zero-order chi connectivity index (χ0) is 22.1. The first-order valence-electron chi connectivity index (χ1n) is 11.9. The van der Waals surface area contributed by atoms with Crippen LogP contribution in [0.15, 0.2) is 22.7 Å². The van der Waals surface area contributed by atoms with Gasteiger partial charge in [0.15, 0.2) is 5.58 Å². The highest BCUT2D eigenvalue weighted by Crippen LogP contribution is 2.42. The van der Waals surface area contributed by atoms with Gasteiger partial charge in [-0.1, -0.05) is 12.5 Å². The smallest absolute Gasteiger partial charge is 0.310 e. The first-order chi connectivity index (χ1) is 15.5. The number of rotatable bonds is 8. The van der Waals surface area contributed by atoms with Gasteiger partial charge in [-0.15, -0.1) is 0 Å². The fraction of sp³-hybridized carbons (Fsp3) is 0.667. The molecule has 0 radical (unpaired) electrons. The molecular formula is C24H32N2O6. The lowest BCUT2D eigenvalue weighted by Crippen LogP contribution is -2.49. The Balaban J connectivity index is 1.18. The average Bonchev–Trinajstić information content (AvgIpc) is 3.36. The van der Waals surface area contributed by atoms with Crippen LogP contribution in [0.3, 0.4) is 0 Å². The Morgan fingerprint density at radius 2 is 2.00 bits per heavy atom. The molecule has 0 unspecified atom stereocenters. The largest absolute Gasteiger partial charge is 0.487 e. The molecule has 2 N–H and O–H groups in total. The van der Waals surface area contributed by atoms with E-state index in [9.17, 15) is 15.0 Å². The highest BCUT2D eigenvalue weighted by molar-refractivity contribution is 5.88. The van der Waals surface area contributed by atoms with Crippen LogP contribution in [0, 0.1) is 11.3 Å². The van der Waals surface area contributed by atoms with Gasteiger partial charge in [0.1, 0.15) is 17.2 Å². The number of carboxylic acid groups (broad SMARTS) is 1. The number of carbonyl (C=O) groups is 1. The highest BCUT2D eigenvalue weighted by Gasteiger charge is 2.45. The molecule has 3 fully saturated rings. The number of ether oxygens (including phenoxy) is 2. The molecule has 2 heterocycles. The van der Waals surface area contributed by atoms with Gasteiger partial charge in [-0.05, 0) is 81.2 Å². The van der Waals surface area contributed by atoms with Gasteiger partial charge in [0.25, 0.3) is 5.88 Å². The fourth-order valence-corrected chi connectivity index (χ4v) is 5.32. The van der Waals surface area contributed by atoms with Crippen LogP contribution >= 0.6 is 0 Å². The number of piperidine rings is 1. The van der Waals surface area contributed by atoms with Gasteiger partial charge in [0.2, 0.25) is 0 Å². The van der Waals surface area contributed by atoms with Gasteiger partial charge in [0.05, 0.1) is 18.1 Å². The number of aliphatic hydroxyl groups excluding tert-OH is 1. The highest BCUT2D eigenvalue weighted by atomic mass is 16.5. The van der Waals surface area contributed by atoms with Crippen LogP contribution in [-0.2, 0) is 4.79 Å². The maximum Gasteiger partial charge on any atom is 0.310 e. The lowest BCUT2D eigenvalue weighted by atomic mass is 9.68. The van der Waals surface area contributed by atoms with E-state index in [0.717, 1.165) is 69.8 Å². The van der Waals surface area contributed by atoms with Gasteiger partial charge in [0, 0.05) is 6.54 Å². The molecule has 3 aliphatic rings. The number of hydrogen-bond donors (Lipinski definition) is 2. The Bertz CT molecular complexity index is 947. The third kappa shape index (κ3) is 4.18. The predicted octanol–water partition coefficient (Wildman–Crippen LogP) is 3.47. The molecule has 32 heavy (non-hydrogen) atoms. The number of aliphatic hydroxyl groups is 1. The molecule has 2 atom stereocenters. The van der Waals surface area contributed by atoms with E-state index in [-0.39, 0.29) is 6.10 Å². The minimum absolute atomic E-state index is 0.211. The van der Waals surface area contributed by atoms with E-state index in [4.69, 9.17) is 14.0 Å². The van der Waals surface area contributed by atoms with E-state index in [1.54, 1.807) is 0 Å². The van der Waals surface area contributed by atoms with E-state index in [0.29, 0.717) is 36.3 Å². The number of aromatic nitrogens is 1. The Labute approximate surface area is 187 Å². The summed E-state index contributed by atoms with van der Waals surface area (Å²) in [6, 6.07) is 5.56. The normalized spacial score (nSPS) is 26.2. The SMILES string of the molecule is O=C(O)C1(CN2CCC(COc3noc4cccc(O[C@H]5CCC[C@@H]5O)c34)CC2)CCC1. The number of benzene rings is 1. The number of hydrogen-bond acceptors (Lipinski definition) is 7. The molecule has 1 aliphatic heterocycles. The van der Waals surface area contributed by atoms with Gasteiger partial charge in [-0.25, -0.2) is 0 Å². The Morgan fingerprint density at radius 3 is 2.66 bits per heavy atom. The summed E-state index contributed by atoms with van der Waals surface area (Å²) in [6.45, 7) is 3.00. The second-order valence-corrected chi connectivity index (χ2v) is 9.74. The monoisotopic (exact) mass is 444 g/mol. The summed E-state index contributed by atoms with van der Waals surface area (Å²) < 4.78 is 17.6. The third-order valence-corrected chi connectivity index (χ3v) is 7.58. The topological polar surface area (TPSA) is 105 Å². The van der Waals surface area contributed by atoms with Gasteiger partial charge in [-0.3, -0.25) is 4.79 Å². The summed E-state index contributed by atoms with van der Waals surface area (Å²) in [5.41, 5.74) is 0.0889. The molecule has 1 aromatic carbocycles. The van der Waals surface area contributed by atoms with Crippen molar-refractivity contribution in [1.82, 2.24) is 10.1 Å². The lowest BCUT2D eigenvalue weighted by molar-refractivity contribution is -0.156. The van der Waals surface area contributed by atoms with Crippen molar-refractivity contribution in [2.75, 3.05) is 26.2 Å². The van der Waals surface area contributed by atoms with Crippen LogP contribution in [0.2, 0.25) is 0 Å². The van der Waals surface area contributed by atoms with Crippen molar-refractivity contribution in [1.29, 1.82) is 0 Å². The van der Waals surface area contributed by atoms with Crippen molar-refractivity contribution in [2.45, 2.75) is 63.6 Å². The van der Waals surface area contributed by atoms with Crippen LogP contribution in [-0.4, -0.2) is 64.7 Å². The van der Waals surface area contributed by atoms with Crippen LogP contribution in [0.25, 0.3) is 11.0 Å². The molecule has 5 rings (SSSR count). The van der Waals surface area contributed by atoms with Crippen LogP contribution in [0.1, 0.15) is 51.4 Å². The van der Waals surface area contributed by atoms with E-state index < -0.39 is 17.5 Å². The Hall–Kier alpha value is -2.32. The zero-order valence-electron chi connectivity index (χ0n) is 18.4.